The molecule has 0 fully saturated rings. The third-order valence-corrected chi connectivity index (χ3v) is 4.19. The molecule has 3 rings (SSSR count). The zero-order valence-corrected chi connectivity index (χ0v) is 16.4. The van der Waals surface area contributed by atoms with Gasteiger partial charge in [0.05, 0.1) is 5.69 Å². The molecule has 0 saturated carbocycles. The van der Waals surface area contributed by atoms with E-state index < -0.39 is 0 Å². The van der Waals surface area contributed by atoms with Crippen molar-refractivity contribution in [3.8, 4) is 17.2 Å². The quantitative estimate of drug-likeness (QED) is 0.593. The van der Waals surface area contributed by atoms with Gasteiger partial charge in [-0.2, -0.15) is 0 Å². The van der Waals surface area contributed by atoms with E-state index in [1.165, 1.54) is 0 Å². The molecule has 144 valence electrons. The molecule has 0 radical (unpaired) electrons. The van der Waals surface area contributed by atoms with Gasteiger partial charge < -0.3 is 14.8 Å². The third-order valence-electron chi connectivity index (χ3n) is 4.19. The predicted octanol–water partition coefficient (Wildman–Crippen LogP) is 5.79. The number of nitrogens with one attached hydrogen (secondary N) is 1. The first-order valence-corrected chi connectivity index (χ1v) is 9.27. The van der Waals surface area contributed by atoms with Crippen LogP contribution in [0.3, 0.4) is 0 Å². The van der Waals surface area contributed by atoms with Crippen molar-refractivity contribution in [2.75, 3.05) is 11.9 Å². The van der Waals surface area contributed by atoms with E-state index in [2.05, 4.69) is 26.1 Å². The van der Waals surface area contributed by atoms with E-state index in [4.69, 9.17) is 9.47 Å². The fourth-order valence-electron chi connectivity index (χ4n) is 2.82. The molecule has 0 atom stereocenters. The van der Waals surface area contributed by atoms with E-state index in [9.17, 15) is 4.79 Å². The second-order valence-corrected chi connectivity index (χ2v) is 7.49. The maximum Gasteiger partial charge on any atom is 0.262 e. The Kier molecular flexibility index (Phi) is 5.99. The average molecular weight is 375 g/mol. The largest absolute Gasteiger partial charge is 0.483 e. The summed E-state index contributed by atoms with van der Waals surface area (Å²) in [6, 6.07) is 24.6. The van der Waals surface area contributed by atoms with Crippen molar-refractivity contribution in [2.45, 2.75) is 26.2 Å². The Morgan fingerprint density at radius 3 is 2.14 bits per heavy atom. The highest BCUT2D eigenvalue weighted by atomic mass is 16.5. The lowest BCUT2D eigenvalue weighted by Crippen LogP contribution is -2.22. The van der Waals surface area contributed by atoms with Crippen LogP contribution in [0.2, 0.25) is 0 Å². The highest BCUT2D eigenvalue weighted by Gasteiger charge is 2.19. The fourth-order valence-corrected chi connectivity index (χ4v) is 2.82. The molecule has 0 aliphatic heterocycles. The highest BCUT2D eigenvalue weighted by Crippen LogP contribution is 2.31. The summed E-state index contributed by atoms with van der Waals surface area (Å²) in [6.45, 7) is 6.28. The third kappa shape index (κ3) is 5.13. The van der Waals surface area contributed by atoms with Gasteiger partial charge in [-0.05, 0) is 41.3 Å². The van der Waals surface area contributed by atoms with Crippen molar-refractivity contribution in [1.82, 2.24) is 0 Å². The van der Waals surface area contributed by atoms with Crippen molar-refractivity contribution in [2.24, 2.45) is 0 Å². The normalized spacial score (nSPS) is 11.0. The Bertz CT molecular complexity index is 930. The van der Waals surface area contributed by atoms with Gasteiger partial charge in [0.2, 0.25) is 0 Å². The molecule has 0 aliphatic rings. The summed E-state index contributed by atoms with van der Waals surface area (Å²) < 4.78 is 11.7. The lowest BCUT2D eigenvalue weighted by Gasteiger charge is -2.22. The average Bonchev–Trinajstić information content (AvgIpc) is 2.68. The van der Waals surface area contributed by atoms with Gasteiger partial charge in [0.15, 0.2) is 12.4 Å². The van der Waals surface area contributed by atoms with Crippen LogP contribution in [-0.2, 0) is 10.2 Å². The molecule has 0 aliphatic carbocycles. The first kappa shape index (κ1) is 19.5. The number of benzene rings is 3. The number of amides is 1. The van der Waals surface area contributed by atoms with E-state index in [1.54, 1.807) is 6.07 Å². The summed E-state index contributed by atoms with van der Waals surface area (Å²) in [4.78, 5) is 12.5. The first-order valence-electron chi connectivity index (χ1n) is 9.27. The molecule has 28 heavy (non-hydrogen) atoms. The number of carbonyl (C=O) groups is 1. The van der Waals surface area contributed by atoms with Crippen molar-refractivity contribution >= 4 is 11.6 Å². The molecule has 4 nitrogen and oxygen atoms in total. The Labute approximate surface area is 166 Å². The predicted molar refractivity (Wildman–Crippen MR) is 112 cm³/mol. The van der Waals surface area contributed by atoms with Crippen LogP contribution in [0.5, 0.6) is 17.2 Å². The maximum absolute atomic E-state index is 12.5. The molecule has 3 aromatic carbocycles. The minimum absolute atomic E-state index is 0.0663. The second kappa shape index (κ2) is 8.61. The molecule has 0 bridgehead atoms. The van der Waals surface area contributed by atoms with Crippen LogP contribution in [-0.4, -0.2) is 12.5 Å². The van der Waals surface area contributed by atoms with E-state index in [0.29, 0.717) is 17.2 Å². The molecule has 1 N–H and O–H groups in total. The lowest BCUT2D eigenvalue weighted by atomic mass is 9.86. The molecule has 0 saturated heterocycles. The van der Waals surface area contributed by atoms with Crippen molar-refractivity contribution in [3.05, 3.63) is 84.4 Å². The second-order valence-electron chi connectivity index (χ2n) is 7.49. The van der Waals surface area contributed by atoms with Crippen molar-refractivity contribution in [3.63, 3.8) is 0 Å². The van der Waals surface area contributed by atoms with Crippen LogP contribution >= 0.6 is 0 Å². The van der Waals surface area contributed by atoms with Gasteiger partial charge in [0.25, 0.3) is 5.91 Å². The minimum Gasteiger partial charge on any atom is -0.483 e. The standard InChI is InChI=1S/C24H25NO3/c1-24(2,3)19-13-7-9-15-21(19)27-17-23(26)25-20-14-8-10-16-22(20)28-18-11-5-4-6-12-18/h4-16H,17H2,1-3H3,(H,25,26). The first-order chi connectivity index (χ1) is 13.4. The van der Waals surface area contributed by atoms with Gasteiger partial charge in [0.1, 0.15) is 11.5 Å². The van der Waals surface area contributed by atoms with Gasteiger partial charge in [-0.25, -0.2) is 0 Å². The van der Waals surface area contributed by atoms with Gasteiger partial charge in [-0.1, -0.05) is 69.3 Å². The monoisotopic (exact) mass is 375 g/mol. The fraction of sp³-hybridized carbons (Fsp3) is 0.208. The van der Waals surface area contributed by atoms with Crippen molar-refractivity contribution in [1.29, 1.82) is 0 Å². The molecule has 1 amide bonds. The van der Waals surface area contributed by atoms with E-state index >= 15 is 0 Å². The van der Waals surface area contributed by atoms with Gasteiger partial charge in [-0.15, -0.1) is 0 Å². The van der Waals surface area contributed by atoms with Crippen LogP contribution in [0, 0.1) is 0 Å². The number of carbonyl (C=O) groups excluding carboxylic acids is 1. The molecule has 0 spiro atoms. The summed E-state index contributed by atoms with van der Waals surface area (Å²) in [5.41, 5.74) is 1.60. The number of ether oxygens (including phenoxy) is 2. The Balaban J connectivity index is 1.67. The van der Waals surface area contributed by atoms with E-state index in [-0.39, 0.29) is 17.9 Å². The zero-order valence-electron chi connectivity index (χ0n) is 16.4. The zero-order chi connectivity index (χ0) is 20.0. The number of anilines is 1. The molecule has 3 aromatic rings. The number of hydrogen-bond donors (Lipinski definition) is 1. The number of hydrogen-bond acceptors (Lipinski definition) is 3. The van der Waals surface area contributed by atoms with E-state index in [1.807, 2.05) is 72.8 Å². The Morgan fingerprint density at radius 1 is 0.821 bits per heavy atom. The van der Waals surface area contributed by atoms with Crippen LogP contribution < -0.4 is 14.8 Å². The maximum atomic E-state index is 12.5. The molecule has 4 heteroatoms. The van der Waals surface area contributed by atoms with Crippen LogP contribution in [0.25, 0.3) is 0 Å². The SMILES string of the molecule is CC(C)(C)c1ccccc1OCC(=O)Nc1ccccc1Oc1ccccc1. The minimum atomic E-state index is -0.243. The summed E-state index contributed by atoms with van der Waals surface area (Å²) in [7, 11) is 0. The number of rotatable bonds is 6. The smallest absolute Gasteiger partial charge is 0.262 e. The number of para-hydroxylation sites is 4. The summed E-state index contributed by atoms with van der Waals surface area (Å²) >= 11 is 0. The summed E-state index contributed by atoms with van der Waals surface area (Å²) in [6.07, 6.45) is 0. The summed E-state index contributed by atoms with van der Waals surface area (Å²) in [5, 5.41) is 2.87. The van der Waals surface area contributed by atoms with Crippen LogP contribution in [0.15, 0.2) is 78.9 Å². The van der Waals surface area contributed by atoms with Crippen LogP contribution in [0.4, 0.5) is 5.69 Å². The topological polar surface area (TPSA) is 47.6 Å². The molecular formula is C24H25NO3. The molecule has 0 unspecified atom stereocenters. The van der Waals surface area contributed by atoms with Gasteiger partial charge >= 0.3 is 0 Å². The highest BCUT2D eigenvalue weighted by molar-refractivity contribution is 5.93. The molecule has 0 aromatic heterocycles. The lowest BCUT2D eigenvalue weighted by molar-refractivity contribution is -0.118. The summed E-state index contributed by atoms with van der Waals surface area (Å²) in [5.74, 6) is 1.77. The molecular weight excluding hydrogens is 350 g/mol. The van der Waals surface area contributed by atoms with Crippen molar-refractivity contribution < 1.29 is 14.3 Å². The van der Waals surface area contributed by atoms with E-state index in [0.717, 1.165) is 11.3 Å². The van der Waals surface area contributed by atoms with Crippen LogP contribution in [0.1, 0.15) is 26.3 Å². The Hall–Kier alpha value is -3.27. The molecule has 0 heterocycles. The van der Waals surface area contributed by atoms with Gasteiger partial charge in [-0.3, -0.25) is 4.79 Å². The Morgan fingerprint density at radius 2 is 1.43 bits per heavy atom. The van der Waals surface area contributed by atoms with Gasteiger partial charge in [0, 0.05) is 0 Å².